The second-order valence-electron chi connectivity index (χ2n) is 5.59. The maximum absolute atomic E-state index is 12.2. The van der Waals surface area contributed by atoms with Crippen LogP contribution in [0.3, 0.4) is 0 Å². The molecule has 0 aliphatic heterocycles. The quantitative estimate of drug-likeness (QED) is 0.737. The fourth-order valence-electron chi connectivity index (χ4n) is 2.56. The molecule has 1 heterocycles. The van der Waals surface area contributed by atoms with Crippen molar-refractivity contribution in [2.75, 3.05) is 13.7 Å². The van der Waals surface area contributed by atoms with E-state index in [0.717, 1.165) is 16.7 Å². The summed E-state index contributed by atoms with van der Waals surface area (Å²) in [4.78, 5) is 27.1. The maximum atomic E-state index is 12.2. The number of aromatic nitrogens is 1. The van der Waals surface area contributed by atoms with Crippen LogP contribution in [0.15, 0.2) is 53.3 Å². The zero-order valence-corrected chi connectivity index (χ0v) is 14.4. The highest BCUT2D eigenvalue weighted by molar-refractivity contribution is 6.30. The summed E-state index contributed by atoms with van der Waals surface area (Å²) in [6, 6.07) is 13.9. The number of rotatable bonds is 5. The predicted molar refractivity (Wildman–Crippen MR) is 98.6 cm³/mol. The summed E-state index contributed by atoms with van der Waals surface area (Å²) in [6.07, 6.45) is 0.432. The van der Waals surface area contributed by atoms with E-state index in [9.17, 15) is 9.59 Å². The Hall–Kier alpha value is -2.79. The molecule has 3 rings (SSSR count). The third kappa shape index (κ3) is 4.00. The first-order valence-corrected chi connectivity index (χ1v) is 8.18. The number of pyridine rings is 1. The van der Waals surface area contributed by atoms with Crippen molar-refractivity contribution < 1.29 is 9.53 Å². The lowest BCUT2D eigenvalue weighted by Gasteiger charge is -2.07. The van der Waals surface area contributed by atoms with Crippen molar-refractivity contribution in [2.45, 2.75) is 6.42 Å². The van der Waals surface area contributed by atoms with Gasteiger partial charge in [0.25, 0.3) is 11.5 Å². The fraction of sp³-hybridized carbons (Fsp3) is 0.158. The summed E-state index contributed by atoms with van der Waals surface area (Å²) in [7, 11) is 1.60. The Morgan fingerprint density at radius 2 is 1.92 bits per heavy atom. The predicted octanol–water partition coefficient (Wildman–Crippen LogP) is 3.16. The van der Waals surface area contributed by atoms with Crippen molar-refractivity contribution in [1.29, 1.82) is 0 Å². The molecule has 0 unspecified atom stereocenters. The van der Waals surface area contributed by atoms with E-state index in [2.05, 4.69) is 10.3 Å². The molecular formula is C19H17ClN2O3. The number of halogens is 1. The monoisotopic (exact) mass is 356 g/mol. The number of amides is 1. The van der Waals surface area contributed by atoms with Gasteiger partial charge in [-0.1, -0.05) is 11.6 Å². The maximum Gasteiger partial charge on any atom is 0.251 e. The molecule has 128 valence electrons. The molecule has 0 saturated carbocycles. The van der Waals surface area contributed by atoms with Gasteiger partial charge in [0.2, 0.25) is 0 Å². The molecule has 2 N–H and O–H groups in total. The third-order valence-electron chi connectivity index (χ3n) is 3.91. The Morgan fingerprint density at radius 1 is 1.16 bits per heavy atom. The van der Waals surface area contributed by atoms with Crippen molar-refractivity contribution in [1.82, 2.24) is 10.3 Å². The van der Waals surface area contributed by atoms with Crippen molar-refractivity contribution in [3.63, 3.8) is 0 Å². The van der Waals surface area contributed by atoms with Crippen LogP contribution >= 0.6 is 11.6 Å². The second kappa shape index (κ2) is 7.40. The van der Waals surface area contributed by atoms with Gasteiger partial charge in [-0.15, -0.1) is 0 Å². The molecule has 25 heavy (non-hydrogen) atoms. The van der Waals surface area contributed by atoms with Crippen LogP contribution in [-0.2, 0) is 6.42 Å². The number of hydrogen-bond acceptors (Lipinski definition) is 3. The Morgan fingerprint density at radius 3 is 2.64 bits per heavy atom. The number of aromatic amines is 1. The zero-order chi connectivity index (χ0) is 17.8. The van der Waals surface area contributed by atoms with Gasteiger partial charge in [0, 0.05) is 33.6 Å². The molecule has 0 saturated heterocycles. The average molecular weight is 357 g/mol. The molecule has 3 aromatic rings. The summed E-state index contributed by atoms with van der Waals surface area (Å²) < 4.78 is 5.20. The molecule has 0 spiro atoms. The minimum Gasteiger partial charge on any atom is -0.497 e. The van der Waals surface area contributed by atoms with E-state index in [1.165, 1.54) is 0 Å². The zero-order valence-electron chi connectivity index (χ0n) is 13.6. The summed E-state index contributed by atoms with van der Waals surface area (Å²) >= 11 is 5.81. The van der Waals surface area contributed by atoms with Crippen LogP contribution in [0.5, 0.6) is 5.75 Å². The topological polar surface area (TPSA) is 71.2 Å². The van der Waals surface area contributed by atoms with E-state index >= 15 is 0 Å². The lowest BCUT2D eigenvalue weighted by Crippen LogP contribution is -2.27. The van der Waals surface area contributed by atoms with Gasteiger partial charge in [0.1, 0.15) is 5.75 Å². The van der Waals surface area contributed by atoms with E-state index in [4.69, 9.17) is 16.3 Å². The molecule has 2 aromatic carbocycles. The van der Waals surface area contributed by atoms with Gasteiger partial charge < -0.3 is 15.0 Å². The molecule has 1 amide bonds. The Bertz CT molecular complexity index is 965. The molecule has 0 radical (unpaired) electrons. The Balaban J connectivity index is 1.70. The summed E-state index contributed by atoms with van der Waals surface area (Å²) in [5.41, 5.74) is 1.73. The van der Waals surface area contributed by atoms with Crippen LogP contribution in [0, 0.1) is 0 Å². The third-order valence-corrected chi connectivity index (χ3v) is 4.17. The van der Waals surface area contributed by atoms with Crippen LogP contribution in [0.4, 0.5) is 0 Å². The molecule has 6 heteroatoms. The van der Waals surface area contributed by atoms with Gasteiger partial charge in [-0.3, -0.25) is 9.59 Å². The molecule has 0 atom stereocenters. The summed E-state index contributed by atoms with van der Waals surface area (Å²) in [5, 5.41) is 4.27. The first-order valence-electron chi connectivity index (χ1n) is 7.80. The smallest absolute Gasteiger partial charge is 0.251 e. The number of ether oxygens (including phenoxy) is 1. The lowest BCUT2D eigenvalue weighted by molar-refractivity contribution is 0.0954. The highest BCUT2D eigenvalue weighted by Gasteiger charge is 2.07. The minimum atomic E-state index is -0.199. The van der Waals surface area contributed by atoms with Gasteiger partial charge >= 0.3 is 0 Å². The van der Waals surface area contributed by atoms with Crippen LogP contribution in [-0.4, -0.2) is 24.5 Å². The molecular weight excluding hydrogens is 340 g/mol. The van der Waals surface area contributed by atoms with Crippen LogP contribution in [0.1, 0.15) is 15.9 Å². The number of carbonyl (C=O) groups is 1. The van der Waals surface area contributed by atoms with E-state index in [1.54, 1.807) is 37.4 Å². The van der Waals surface area contributed by atoms with E-state index in [1.807, 2.05) is 18.2 Å². The minimum absolute atomic E-state index is 0.154. The van der Waals surface area contributed by atoms with E-state index in [-0.39, 0.29) is 11.5 Å². The van der Waals surface area contributed by atoms with Gasteiger partial charge in [-0.05, 0) is 55.0 Å². The fourth-order valence-corrected chi connectivity index (χ4v) is 2.68. The van der Waals surface area contributed by atoms with Crippen LogP contribution in [0.25, 0.3) is 10.9 Å². The van der Waals surface area contributed by atoms with Crippen LogP contribution in [0.2, 0.25) is 5.02 Å². The van der Waals surface area contributed by atoms with Gasteiger partial charge in [0.15, 0.2) is 0 Å². The summed E-state index contributed by atoms with van der Waals surface area (Å²) in [6.45, 7) is 0.361. The first-order chi connectivity index (χ1) is 12.1. The highest BCUT2D eigenvalue weighted by Crippen LogP contribution is 2.18. The molecule has 1 aromatic heterocycles. The largest absolute Gasteiger partial charge is 0.497 e. The Labute approximate surface area is 149 Å². The van der Waals surface area contributed by atoms with E-state index in [0.29, 0.717) is 29.1 Å². The van der Waals surface area contributed by atoms with Gasteiger partial charge in [-0.2, -0.15) is 0 Å². The number of H-pyrrole nitrogens is 1. The highest BCUT2D eigenvalue weighted by atomic mass is 35.5. The molecule has 5 nitrogen and oxygen atoms in total. The number of benzene rings is 2. The summed E-state index contributed by atoms with van der Waals surface area (Å²) in [5.74, 6) is 0.525. The standard InChI is InChI=1S/C19H17ClN2O3/c1-25-16-6-7-17-14(11-16)10-13(19(24)22-17)8-9-21-18(23)12-2-4-15(20)5-3-12/h2-7,10-11H,8-9H2,1H3,(H,21,23)(H,22,24). The molecule has 0 aliphatic carbocycles. The molecule has 0 fully saturated rings. The van der Waals surface area contributed by atoms with E-state index < -0.39 is 0 Å². The number of hydrogen-bond donors (Lipinski definition) is 2. The van der Waals surface area contributed by atoms with Gasteiger partial charge in [0.05, 0.1) is 7.11 Å². The average Bonchev–Trinajstić information content (AvgIpc) is 2.62. The normalized spacial score (nSPS) is 10.6. The number of fused-ring (bicyclic) bond motifs is 1. The Kier molecular flexibility index (Phi) is 5.05. The SMILES string of the molecule is COc1ccc2[nH]c(=O)c(CCNC(=O)c3ccc(Cl)cc3)cc2c1. The number of methoxy groups -OCH3 is 1. The van der Waals surface area contributed by atoms with Crippen LogP contribution < -0.4 is 15.6 Å². The second-order valence-corrected chi connectivity index (χ2v) is 6.03. The number of carbonyl (C=O) groups excluding carboxylic acids is 1. The van der Waals surface area contributed by atoms with Crippen molar-refractivity contribution in [2.24, 2.45) is 0 Å². The van der Waals surface area contributed by atoms with Gasteiger partial charge in [-0.25, -0.2) is 0 Å². The van der Waals surface area contributed by atoms with Crippen molar-refractivity contribution in [3.05, 3.63) is 75.0 Å². The van der Waals surface area contributed by atoms with Crippen molar-refractivity contribution in [3.8, 4) is 5.75 Å². The van der Waals surface area contributed by atoms with Crippen molar-refractivity contribution >= 4 is 28.4 Å². The number of nitrogens with one attached hydrogen (secondary N) is 2. The first kappa shape index (κ1) is 17.0. The lowest BCUT2D eigenvalue weighted by atomic mass is 10.1. The molecule has 0 bridgehead atoms. The molecule has 0 aliphatic rings.